The van der Waals surface area contributed by atoms with Crippen molar-refractivity contribution >= 4 is 45.4 Å². The maximum atomic E-state index is 11.0. The maximum absolute atomic E-state index is 11.0. The second-order valence-electron chi connectivity index (χ2n) is 3.80. The topological polar surface area (TPSA) is 26.3 Å². The van der Waals surface area contributed by atoms with E-state index in [1.54, 1.807) is 24.3 Å². The molecule has 2 aromatic rings. The highest BCUT2D eigenvalue weighted by atomic mass is 79.9. The van der Waals surface area contributed by atoms with Crippen molar-refractivity contribution in [2.45, 2.75) is 6.61 Å². The summed E-state index contributed by atoms with van der Waals surface area (Å²) in [6.45, 7) is 0.252. The van der Waals surface area contributed by atoms with Gasteiger partial charge in [-0.05, 0) is 24.3 Å². The number of carbonyl (C=O) groups excluding carboxylic acids is 1. The highest BCUT2D eigenvalue weighted by Gasteiger charge is 2.07. The fraction of sp³-hybridized carbons (Fsp3) is 0.0714. The molecule has 0 amide bonds. The third-order valence-corrected chi connectivity index (χ3v) is 3.86. The van der Waals surface area contributed by atoms with Gasteiger partial charge in [-0.15, -0.1) is 0 Å². The summed E-state index contributed by atoms with van der Waals surface area (Å²) in [4.78, 5) is 11.0. The Balaban J connectivity index is 2.19. The van der Waals surface area contributed by atoms with Crippen LogP contribution in [-0.4, -0.2) is 6.29 Å². The highest BCUT2D eigenvalue weighted by molar-refractivity contribution is 9.10. The minimum Gasteiger partial charge on any atom is -0.488 e. The molecule has 0 saturated heterocycles. The van der Waals surface area contributed by atoms with Gasteiger partial charge in [-0.2, -0.15) is 0 Å². The van der Waals surface area contributed by atoms with Gasteiger partial charge in [0.1, 0.15) is 12.4 Å². The van der Waals surface area contributed by atoms with Crippen molar-refractivity contribution in [2.75, 3.05) is 0 Å². The van der Waals surface area contributed by atoms with E-state index in [4.69, 9.17) is 27.9 Å². The molecule has 0 aliphatic carbocycles. The van der Waals surface area contributed by atoms with Crippen LogP contribution in [0.3, 0.4) is 0 Å². The Morgan fingerprint density at radius 2 is 2.00 bits per heavy atom. The lowest BCUT2D eigenvalue weighted by Crippen LogP contribution is -1.99. The summed E-state index contributed by atoms with van der Waals surface area (Å²) in [6, 6.07) is 10.6. The molecule has 0 spiro atoms. The van der Waals surface area contributed by atoms with E-state index in [0.29, 0.717) is 21.4 Å². The van der Waals surface area contributed by atoms with Crippen LogP contribution in [0.15, 0.2) is 40.9 Å². The Kier molecular flexibility index (Phi) is 4.86. The minimum atomic E-state index is 0.252. The summed E-state index contributed by atoms with van der Waals surface area (Å²) >= 11 is 15.3. The molecule has 19 heavy (non-hydrogen) atoms. The zero-order valence-electron chi connectivity index (χ0n) is 9.70. The molecule has 2 nitrogen and oxygen atoms in total. The molecule has 0 heterocycles. The minimum absolute atomic E-state index is 0.252. The molecule has 0 bridgehead atoms. The van der Waals surface area contributed by atoms with E-state index in [-0.39, 0.29) is 6.61 Å². The molecule has 0 fully saturated rings. The molecular formula is C14H9BrCl2O2. The van der Waals surface area contributed by atoms with Crippen molar-refractivity contribution in [3.8, 4) is 5.75 Å². The molecule has 5 heteroatoms. The molecule has 0 aliphatic rings. The molecule has 0 saturated carbocycles. The largest absolute Gasteiger partial charge is 0.488 e. The average Bonchev–Trinajstić information content (AvgIpc) is 2.41. The van der Waals surface area contributed by atoms with Gasteiger partial charge in [0.15, 0.2) is 6.29 Å². The molecule has 0 atom stereocenters. The summed E-state index contributed by atoms with van der Waals surface area (Å²) in [5, 5.41) is 0.947. The average molecular weight is 360 g/mol. The molecule has 98 valence electrons. The first-order chi connectivity index (χ1) is 9.11. The lowest BCUT2D eigenvalue weighted by Gasteiger charge is -2.10. The van der Waals surface area contributed by atoms with Crippen LogP contribution in [0.25, 0.3) is 0 Å². The van der Waals surface area contributed by atoms with Crippen LogP contribution < -0.4 is 4.74 Å². The SMILES string of the molecule is O=Cc1cc(Br)ccc1OCc1cccc(Cl)c1Cl. The number of benzene rings is 2. The maximum Gasteiger partial charge on any atom is 0.153 e. The van der Waals surface area contributed by atoms with Gasteiger partial charge >= 0.3 is 0 Å². The van der Waals surface area contributed by atoms with Crippen LogP contribution >= 0.6 is 39.1 Å². The van der Waals surface area contributed by atoms with Crippen molar-refractivity contribution in [3.05, 3.63) is 62.0 Å². The van der Waals surface area contributed by atoms with E-state index < -0.39 is 0 Å². The summed E-state index contributed by atoms with van der Waals surface area (Å²) in [5.74, 6) is 0.509. The molecular weight excluding hydrogens is 351 g/mol. The Morgan fingerprint density at radius 3 is 2.74 bits per heavy atom. The molecule has 0 N–H and O–H groups in total. The van der Waals surface area contributed by atoms with E-state index in [2.05, 4.69) is 15.9 Å². The van der Waals surface area contributed by atoms with Crippen molar-refractivity contribution in [1.29, 1.82) is 0 Å². The zero-order chi connectivity index (χ0) is 13.8. The lowest BCUT2D eigenvalue weighted by molar-refractivity contribution is 0.111. The van der Waals surface area contributed by atoms with E-state index in [0.717, 1.165) is 16.3 Å². The van der Waals surface area contributed by atoms with Crippen LogP contribution in [0.4, 0.5) is 0 Å². The Bertz CT molecular complexity index is 614. The number of ether oxygens (including phenoxy) is 1. The fourth-order valence-corrected chi connectivity index (χ4v) is 2.31. The summed E-state index contributed by atoms with van der Waals surface area (Å²) in [5.41, 5.74) is 1.25. The van der Waals surface area contributed by atoms with Crippen molar-refractivity contribution in [2.24, 2.45) is 0 Å². The Labute approximate surface area is 129 Å². The monoisotopic (exact) mass is 358 g/mol. The second-order valence-corrected chi connectivity index (χ2v) is 5.50. The van der Waals surface area contributed by atoms with Gasteiger partial charge in [0.05, 0.1) is 15.6 Å². The molecule has 0 aromatic heterocycles. The van der Waals surface area contributed by atoms with Gasteiger partial charge in [-0.25, -0.2) is 0 Å². The first kappa shape index (κ1) is 14.4. The number of hydrogen-bond donors (Lipinski definition) is 0. The highest BCUT2D eigenvalue weighted by Crippen LogP contribution is 2.28. The van der Waals surface area contributed by atoms with Crippen molar-refractivity contribution in [1.82, 2.24) is 0 Å². The Morgan fingerprint density at radius 1 is 1.21 bits per heavy atom. The van der Waals surface area contributed by atoms with Crippen LogP contribution in [0.5, 0.6) is 5.75 Å². The van der Waals surface area contributed by atoms with Gasteiger partial charge in [0.25, 0.3) is 0 Å². The summed E-state index contributed by atoms with van der Waals surface area (Å²) in [7, 11) is 0. The van der Waals surface area contributed by atoms with Gasteiger partial charge in [0.2, 0.25) is 0 Å². The standard InChI is InChI=1S/C14H9BrCl2O2/c15-11-4-5-13(10(6-11)7-18)19-8-9-2-1-3-12(16)14(9)17/h1-7H,8H2. The molecule has 0 aliphatic heterocycles. The van der Waals surface area contributed by atoms with Gasteiger partial charge < -0.3 is 4.74 Å². The van der Waals surface area contributed by atoms with E-state index in [9.17, 15) is 4.79 Å². The Hall–Kier alpha value is -1.03. The predicted molar refractivity (Wildman–Crippen MR) is 80.3 cm³/mol. The third-order valence-electron chi connectivity index (χ3n) is 2.51. The molecule has 0 unspecified atom stereocenters. The fourth-order valence-electron chi connectivity index (χ4n) is 1.56. The summed E-state index contributed by atoms with van der Waals surface area (Å²) in [6.07, 6.45) is 0.750. The predicted octanol–water partition coefficient (Wildman–Crippen LogP) is 5.15. The van der Waals surface area contributed by atoms with E-state index in [1.807, 2.05) is 12.1 Å². The quantitative estimate of drug-likeness (QED) is 0.706. The van der Waals surface area contributed by atoms with Gasteiger partial charge in [0, 0.05) is 10.0 Å². The smallest absolute Gasteiger partial charge is 0.153 e. The second kappa shape index (κ2) is 6.42. The number of halogens is 3. The molecule has 0 radical (unpaired) electrons. The normalized spacial score (nSPS) is 10.3. The number of rotatable bonds is 4. The summed E-state index contributed by atoms with van der Waals surface area (Å²) < 4.78 is 6.43. The van der Waals surface area contributed by atoms with Crippen LogP contribution in [0.2, 0.25) is 10.0 Å². The van der Waals surface area contributed by atoms with Crippen LogP contribution in [0, 0.1) is 0 Å². The van der Waals surface area contributed by atoms with Crippen LogP contribution in [-0.2, 0) is 6.61 Å². The zero-order valence-corrected chi connectivity index (χ0v) is 12.8. The van der Waals surface area contributed by atoms with E-state index >= 15 is 0 Å². The number of aldehydes is 1. The lowest BCUT2D eigenvalue weighted by atomic mass is 10.2. The van der Waals surface area contributed by atoms with Crippen molar-refractivity contribution in [3.63, 3.8) is 0 Å². The van der Waals surface area contributed by atoms with Crippen molar-refractivity contribution < 1.29 is 9.53 Å². The molecule has 2 rings (SSSR count). The molecule has 2 aromatic carbocycles. The van der Waals surface area contributed by atoms with Crippen LogP contribution in [0.1, 0.15) is 15.9 Å². The van der Waals surface area contributed by atoms with E-state index in [1.165, 1.54) is 0 Å². The first-order valence-corrected chi connectivity index (χ1v) is 6.97. The first-order valence-electron chi connectivity index (χ1n) is 5.42. The number of hydrogen-bond acceptors (Lipinski definition) is 2. The third kappa shape index (κ3) is 3.50. The number of carbonyl (C=O) groups is 1. The van der Waals surface area contributed by atoms with Gasteiger partial charge in [-0.3, -0.25) is 4.79 Å². The van der Waals surface area contributed by atoms with Gasteiger partial charge in [-0.1, -0.05) is 51.3 Å².